The van der Waals surface area contributed by atoms with Gasteiger partial charge in [-0.25, -0.2) is 0 Å². The fraction of sp³-hybridized carbons (Fsp3) is 0.500. The third kappa shape index (κ3) is 3.82. The van der Waals surface area contributed by atoms with Crippen molar-refractivity contribution in [1.29, 1.82) is 0 Å². The predicted octanol–water partition coefficient (Wildman–Crippen LogP) is 0.922. The Kier molecular flexibility index (Phi) is 4.33. The quantitative estimate of drug-likeness (QED) is 0.701. The van der Waals surface area contributed by atoms with E-state index in [1.54, 1.807) is 0 Å². The van der Waals surface area contributed by atoms with Crippen molar-refractivity contribution < 1.29 is 9.90 Å². The van der Waals surface area contributed by atoms with Crippen molar-refractivity contribution in [3.8, 4) is 0 Å². The molecular weight excluding hydrogens is 228 g/mol. The van der Waals surface area contributed by atoms with Gasteiger partial charge >= 0.3 is 0 Å². The summed E-state index contributed by atoms with van der Waals surface area (Å²) in [6, 6.07) is 7.56. The van der Waals surface area contributed by atoms with Crippen molar-refractivity contribution >= 4 is 5.91 Å². The third-order valence-electron chi connectivity index (χ3n) is 3.31. The Balaban J connectivity index is 1.77. The summed E-state index contributed by atoms with van der Waals surface area (Å²) >= 11 is 0. The Morgan fingerprint density at radius 2 is 2.17 bits per heavy atom. The van der Waals surface area contributed by atoms with Crippen molar-refractivity contribution in [2.75, 3.05) is 0 Å². The summed E-state index contributed by atoms with van der Waals surface area (Å²) in [6.45, 7) is 0.512. The minimum atomic E-state index is 0.00352. The predicted molar refractivity (Wildman–Crippen MR) is 69.5 cm³/mol. The number of carbonyl (C=O) groups excluding carboxylic acids is 1. The van der Waals surface area contributed by atoms with Crippen LogP contribution in [0.25, 0.3) is 0 Å². The molecule has 0 saturated heterocycles. The van der Waals surface area contributed by atoms with E-state index in [4.69, 9.17) is 10.8 Å². The second-order valence-electron chi connectivity index (χ2n) is 4.96. The van der Waals surface area contributed by atoms with Crippen LogP contribution in [0.4, 0.5) is 0 Å². The largest absolute Gasteiger partial charge is 0.392 e. The molecule has 0 bridgehead atoms. The topological polar surface area (TPSA) is 75.4 Å². The van der Waals surface area contributed by atoms with Crippen LogP contribution in [-0.2, 0) is 17.9 Å². The molecule has 0 aliphatic heterocycles. The molecule has 0 heterocycles. The number of nitrogens with two attached hydrogens (primary N) is 1. The molecule has 0 aromatic heterocycles. The Labute approximate surface area is 107 Å². The van der Waals surface area contributed by atoms with Crippen molar-refractivity contribution in [2.45, 2.75) is 38.5 Å². The first-order valence-corrected chi connectivity index (χ1v) is 6.40. The zero-order valence-electron chi connectivity index (χ0n) is 10.4. The van der Waals surface area contributed by atoms with Crippen molar-refractivity contribution in [2.24, 2.45) is 11.7 Å². The number of carbonyl (C=O) groups is 1. The van der Waals surface area contributed by atoms with Crippen LogP contribution >= 0.6 is 0 Å². The molecule has 4 N–H and O–H groups in total. The molecule has 0 spiro atoms. The van der Waals surface area contributed by atoms with Crippen LogP contribution in [-0.4, -0.2) is 17.1 Å². The van der Waals surface area contributed by atoms with Crippen LogP contribution in [0, 0.1) is 5.92 Å². The summed E-state index contributed by atoms with van der Waals surface area (Å²) in [4.78, 5) is 11.7. The summed E-state index contributed by atoms with van der Waals surface area (Å²) in [5.74, 6) is 0.553. The lowest BCUT2D eigenvalue weighted by Gasteiger charge is -2.10. The van der Waals surface area contributed by atoms with E-state index in [1.807, 2.05) is 24.3 Å². The number of benzene rings is 1. The van der Waals surface area contributed by atoms with E-state index in [-0.39, 0.29) is 18.6 Å². The average molecular weight is 248 g/mol. The summed E-state index contributed by atoms with van der Waals surface area (Å²) in [5.41, 5.74) is 7.75. The van der Waals surface area contributed by atoms with Gasteiger partial charge in [0.05, 0.1) is 6.61 Å². The van der Waals surface area contributed by atoms with Crippen LogP contribution in [0.5, 0.6) is 0 Å². The van der Waals surface area contributed by atoms with E-state index < -0.39 is 0 Å². The van der Waals surface area contributed by atoms with Crippen molar-refractivity contribution in [3.63, 3.8) is 0 Å². The van der Waals surface area contributed by atoms with Crippen LogP contribution in [0.15, 0.2) is 24.3 Å². The highest BCUT2D eigenvalue weighted by atomic mass is 16.3. The molecule has 98 valence electrons. The van der Waals surface area contributed by atoms with Gasteiger partial charge in [0.15, 0.2) is 0 Å². The molecule has 4 heteroatoms. The van der Waals surface area contributed by atoms with Gasteiger partial charge in [-0.3, -0.25) is 4.79 Å². The van der Waals surface area contributed by atoms with E-state index in [0.29, 0.717) is 18.9 Å². The Morgan fingerprint density at radius 3 is 2.83 bits per heavy atom. The van der Waals surface area contributed by atoms with Gasteiger partial charge in [0, 0.05) is 19.0 Å². The zero-order chi connectivity index (χ0) is 13.0. The third-order valence-corrected chi connectivity index (χ3v) is 3.31. The number of nitrogens with one attached hydrogen (secondary N) is 1. The van der Waals surface area contributed by atoms with Crippen LogP contribution in [0.2, 0.25) is 0 Å². The molecule has 1 aromatic carbocycles. The van der Waals surface area contributed by atoms with Gasteiger partial charge < -0.3 is 16.2 Å². The van der Waals surface area contributed by atoms with Gasteiger partial charge in [-0.1, -0.05) is 24.3 Å². The number of amides is 1. The van der Waals surface area contributed by atoms with Crippen molar-refractivity contribution in [3.05, 3.63) is 35.4 Å². The van der Waals surface area contributed by atoms with Crippen LogP contribution < -0.4 is 11.1 Å². The Hall–Kier alpha value is -1.39. The molecule has 1 aromatic rings. The van der Waals surface area contributed by atoms with Crippen molar-refractivity contribution in [1.82, 2.24) is 5.32 Å². The van der Waals surface area contributed by atoms with Crippen LogP contribution in [0.3, 0.4) is 0 Å². The molecule has 1 unspecified atom stereocenters. The highest BCUT2D eigenvalue weighted by Gasteiger charge is 2.29. The maximum atomic E-state index is 11.7. The van der Waals surface area contributed by atoms with Gasteiger partial charge in [0.1, 0.15) is 0 Å². The second kappa shape index (κ2) is 5.98. The SMILES string of the molecule is NC(CC(=O)NCc1cccc(CO)c1)C1CC1. The first kappa shape index (κ1) is 13.1. The van der Waals surface area contributed by atoms with Gasteiger partial charge in [0.25, 0.3) is 0 Å². The molecule has 0 radical (unpaired) electrons. The minimum absolute atomic E-state index is 0.00352. The molecule has 2 rings (SSSR count). The van der Waals surface area contributed by atoms with E-state index in [0.717, 1.165) is 24.0 Å². The average Bonchev–Trinajstić information content (AvgIpc) is 3.21. The fourth-order valence-corrected chi connectivity index (χ4v) is 2.02. The summed E-state index contributed by atoms with van der Waals surface area (Å²) < 4.78 is 0. The fourth-order valence-electron chi connectivity index (χ4n) is 2.02. The smallest absolute Gasteiger partial charge is 0.221 e. The number of rotatable bonds is 6. The molecule has 1 fully saturated rings. The molecule has 1 aliphatic carbocycles. The molecule has 1 saturated carbocycles. The first-order chi connectivity index (χ1) is 8.69. The summed E-state index contributed by atoms with van der Waals surface area (Å²) in [6.07, 6.45) is 2.73. The number of hydrogen-bond acceptors (Lipinski definition) is 3. The van der Waals surface area contributed by atoms with E-state index in [2.05, 4.69) is 5.32 Å². The number of aliphatic hydroxyl groups excluding tert-OH is 1. The van der Waals surface area contributed by atoms with Gasteiger partial charge in [0.2, 0.25) is 5.91 Å². The highest BCUT2D eigenvalue weighted by Crippen LogP contribution is 2.32. The monoisotopic (exact) mass is 248 g/mol. The van der Waals surface area contributed by atoms with Gasteiger partial charge in [-0.15, -0.1) is 0 Å². The van der Waals surface area contributed by atoms with E-state index in [9.17, 15) is 4.79 Å². The maximum absolute atomic E-state index is 11.7. The molecule has 18 heavy (non-hydrogen) atoms. The van der Waals surface area contributed by atoms with Gasteiger partial charge in [-0.2, -0.15) is 0 Å². The summed E-state index contributed by atoms with van der Waals surface area (Å²) in [5, 5.41) is 11.9. The minimum Gasteiger partial charge on any atom is -0.392 e. The molecular formula is C14H20N2O2. The Bertz CT molecular complexity index is 416. The van der Waals surface area contributed by atoms with Gasteiger partial charge in [-0.05, 0) is 29.9 Å². The summed E-state index contributed by atoms with van der Waals surface area (Å²) in [7, 11) is 0. The highest BCUT2D eigenvalue weighted by molar-refractivity contribution is 5.76. The number of aliphatic hydroxyl groups is 1. The molecule has 1 aliphatic rings. The lowest BCUT2D eigenvalue weighted by Crippen LogP contribution is -2.32. The normalized spacial score (nSPS) is 16.3. The molecule has 1 atom stereocenters. The maximum Gasteiger partial charge on any atom is 0.221 e. The van der Waals surface area contributed by atoms with E-state index >= 15 is 0 Å². The standard InChI is InChI=1S/C14H20N2O2/c15-13(12-4-5-12)7-14(18)16-8-10-2-1-3-11(6-10)9-17/h1-3,6,12-13,17H,4-5,7-9,15H2,(H,16,18). The zero-order valence-corrected chi connectivity index (χ0v) is 10.4. The Morgan fingerprint density at radius 1 is 1.44 bits per heavy atom. The molecule has 1 amide bonds. The van der Waals surface area contributed by atoms with E-state index in [1.165, 1.54) is 0 Å². The molecule has 4 nitrogen and oxygen atoms in total. The van der Waals surface area contributed by atoms with Crippen LogP contribution in [0.1, 0.15) is 30.4 Å². The lowest BCUT2D eigenvalue weighted by molar-refractivity contribution is -0.121. The lowest BCUT2D eigenvalue weighted by atomic mass is 10.1. The first-order valence-electron chi connectivity index (χ1n) is 6.40. The second-order valence-corrected chi connectivity index (χ2v) is 4.96. The number of hydrogen-bond donors (Lipinski definition) is 3.